The Balaban J connectivity index is 2.61. The molecule has 1 aromatic carbocycles. The highest BCUT2D eigenvalue weighted by Crippen LogP contribution is 2.33. The summed E-state index contributed by atoms with van der Waals surface area (Å²) < 4.78 is 13.1. The summed E-state index contributed by atoms with van der Waals surface area (Å²) in [6.07, 6.45) is 1.71. The molecule has 2 aromatic rings. The van der Waals surface area contributed by atoms with Gasteiger partial charge in [0.2, 0.25) is 5.95 Å². The number of benzene rings is 1. The van der Waals surface area contributed by atoms with Crippen LogP contribution < -0.4 is 0 Å². The molecule has 0 amide bonds. The second-order valence-corrected chi connectivity index (χ2v) is 4.11. The van der Waals surface area contributed by atoms with Gasteiger partial charge < -0.3 is 0 Å². The molecule has 0 N–H and O–H groups in total. The normalized spacial score (nSPS) is 10.3. The van der Waals surface area contributed by atoms with Gasteiger partial charge in [0.25, 0.3) is 0 Å². The number of halogens is 3. The number of aromatic nitrogens is 1. The fourth-order valence-electron chi connectivity index (χ4n) is 1.42. The minimum atomic E-state index is -0.804. The predicted molar refractivity (Wildman–Crippen MR) is 65.0 cm³/mol. The third-order valence-corrected chi connectivity index (χ3v) is 3.07. The van der Waals surface area contributed by atoms with Crippen molar-refractivity contribution in [3.8, 4) is 11.1 Å². The molecule has 0 aliphatic rings. The van der Waals surface area contributed by atoms with Crippen LogP contribution in [0.3, 0.4) is 0 Å². The molecule has 2 nitrogen and oxygen atoms in total. The van der Waals surface area contributed by atoms with E-state index in [1.54, 1.807) is 18.2 Å². The molecule has 17 heavy (non-hydrogen) atoms. The largest absolute Gasteiger partial charge is 0.298 e. The lowest BCUT2D eigenvalue weighted by atomic mass is 10.1. The van der Waals surface area contributed by atoms with Gasteiger partial charge in [0.05, 0.1) is 15.6 Å². The molecule has 0 unspecified atom stereocenters. The van der Waals surface area contributed by atoms with E-state index in [2.05, 4.69) is 4.98 Å². The van der Waals surface area contributed by atoms with Crippen LogP contribution in [0, 0.1) is 5.95 Å². The molecule has 5 heteroatoms. The monoisotopic (exact) mass is 269 g/mol. The molecule has 0 radical (unpaired) electrons. The summed E-state index contributed by atoms with van der Waals surface area (Å²) in [5.41, 5.74) is 1.04. The van der Waals surface area contributed by atoms with Gasteiger partial charge >= 0.3 is 0 Å². The van der Waals surface area contributed by atoms with Crippen molar-refractivity contribution in [2.24, 2.45) is 0 Å². The van der Waals surface area contributed by atoms with Crippen LogP contribution in [-0.4, -0.2) is 11.3 Å². The van der Waals surface area contributed by atoms with E-state index in [1.807, 2.05) is 0 Å². The fourth-order valence-corrected chi connectivity index (χ4v) is 1.83. The Morgan fingerprint density at radius 2 is 2.06 bits per heavy atom. The van der Waals surface area contributed by atoms with Gasteiger partial charge in [-0.05, 0) is 12.1 Å². The highest BCUT2D eigenvalue weighted by atomic mass is 35.5. The van der Waals surface area contributed by atoms with Crippen LogP contribution in [0.25, 0.3) is 11.1 Å². The van der Waals surface area contributed by atoms with E-state index in [-0.39, 0.29) is 5.56 Å². The summed E-state index contributed by atoms with van der Waals surface area (Å²) in [4.78, 5) is 14.1. The van der Waals surface area contributed by atoms with Crippen molar-refractivity contribution in [1.82, 2.24) is 4.98 Å². The van der Waals surface area contributed by atoms with E-state index in [1.165, 1.54) is 12.3 Å². The Morgan fingerprint density at radius 3 is 2.76 bits per heavy atom. The zero-order chi connectivity index (χ0) is 12.4. The van der Waals surface area contributed by atoms with E-state index < -0.39 is 5.95 Å². The van der Waals surface area contributed by atoms with Crippen LogP contribution in [0.5, 0.6) is 0 Å². The maximum atomic E-state index is 13.1. The molecule has 1 heterocycles. The van der Waals surface area contributed by atoms with Crippen LogP contribution in [0.1, 0.15) is 10.4 Å². The van der Waals surface area contributed by atoms with E-state index in [0.717, 1.165) is 0 Å². The van der Waals surface area contributed by atoms with E-state index in [9.17, 15) is 9.18 Å². The van der Waals surface area contributed by atoms with Crippen LogP contribution in [0.2, 0.25) is 10.0 Å². The Morgan fingerprint density at radius 1 is 1.29 bits per heavy atom. The summed E-state index contributed by atoms with van der Waals surface area (Å²) >= 11 is 11.9. The second kappa shape index (κ2) is 4.82. The van der Waals surface area contributed by atoms with Gasteiger partial charge in [-0.3, -0.25) is 4.79 Å². The SMILES string of the molecule is O=Cc1cc(-c2cccc(Cl)c2Cl)cnc1F. The van der Waals surface area contributed by atoms with Gasteiger partial charge in [0, 0.05) is 17.3 Å². The van der Waals surface area contributed by atoms with Gasteiger partial charge in [-0.2, -0.15) is 4.39 Å². The minimum Gasteiger partial charge on any atom is -0.298 e. The fraction of sp³-hybridized carbons (Fsp3) is 0. The summed E-state index contributed by atoms with van der Waals surface area (Å²) in [5, 5.41) is 0.737. The number of hydrogen-bond acceptors (Lipinski definition) is 2. The first-order valence-corrected chi connectivity index (χ1v) is 5.44. The first kappa shape index (κ1) is 12.0. The summed E-state index contributed by atoms with van der Waals surface area (Å²) in [7, 11) is 0. The Bertz CT molecular complexity index is 587. The van der Waals surface area contributed by atoms with Crippen LogP contribution in [0.4, 0.5) is 4.39 Å². The topological polar surface area (TPSA) is 30.0 Å². The molecule has 86 valence electrons. The first-order valence-electron chi connectivity index (χ1n) is 4.68. The Kier molecular flexibility index (Phi) is 3.41. The lowest BCUT2D eigenvalue weighted by Crippen LogP contribution is -1.93. The third-order valence-electron chi connectivity index (χ3n) is 2.26. The number of carbonyl (C=O) groups is 1. The molecule has 0 bridgehead atoms. The van der Waals surface area contributed by atoms with Crippen molar-refractivity contribution < 1.29 is 9.18 Å². The Labute approximate surface area is 107 Å². The van der Waals surface area contributed by atoms with Gasteiger partial charge in [0.15, 0.2) is 6.29 Å². The predicted octanol–water partition coefficient (Wildman–Crippen LogP) is 4.01. The molecule has 0 saturated carbocycles. The molecular formula is C12H6Cl2FNO. The second-order valence-electron chi connectivity index (χ2n) is 3.32. The van der Waals surface area contributed by atoms with Crippen molar-refractivity contribution >= 4 is 29.5 Å². The molecular weight excluding hydrogens is 264 g/mol. The van der Waals surface area contributed by atoms with Crippen molar-refractivity contribution in [3.63, 3.8) is 0 Å². The minimum absolute atomic E-state index is 0.112. The number of pyridine rings is 1. The highest BCUT2D eigenvalue weighted by Gasteiger charge is 2.10. The summed E-state index contributed by atoms with van der Waals surface area (Å²) in [6, 6.07) is 6.46. The zero-order valence-corrected chi connectivity index (χ0v) is 9.97. The molecule has 0 spiro atoms. The smallest absolute Gasteiger partial charge is 0.223 e. The maximum Gasteiger partial charge on any atom is 0.223 e. The lowest BCUT2D eigenvalue weighted by molar-refractivity contribution is 0.111. The van der Waals surface area contributed by atoms with Crippen molar-refractivity contribution in [2.45, 2.75) is 0 Å². The van der Waals surface area contributed by atoms with Crippen LogP contribution in [-0.2, 0) is 0 Å². The average molecular weight is 270 g/mol. The van der Waals surface area contributed by atoms with Gasteiger partial charge in [0.1, 0.15) is 0 Å². The quantitative estimate of drug-likeness (QED) is 0.609. The van der Waals surface area contributed by atoms with Gasteiger partial charge in [-0.1, -0.05) is 35.3 Å². The van der Waals surface area contributed by atoms with Crippen molar-refractivity contribution in [3.05, 3.63) is 52.0 Å². The standard InChI is InChI=1S/C12H6Cl2FNO/c13-10-3-1-2-9(11(10)14)7-4-8(6-17)12(15)16-5-7/h1-6H. The molecule has 1 aromatic heterocycles. The maximum absolute atomic E-state index is 13.1. The molecule has 0 aliphatic carbocycles. The number of nitrogens with zero attached hydrogens (tertiary/aromatic N) is 1. The molecule has 0 aliphatic heterocycles. The van der Waals surface area contributed by atoms with E-state index >= 15 is 0 Å². The van der Waals surface area contributed by atoms with Crippen LogP contribution in [0.15, 0.2) is 30.5 Å². The average Bonchev–Trinajstić information content (AvgIpc) is 2.34. The van der Waals surface area contributed by atoms with E-state index in [0.29, 0.717) is 27.5 Å². The molecule has 2 rings (SSSR count). The molecule has 0 fully saturated rings. The number of rotatable bonds is 2. The molecule has 0 atom stereocenters. The first-order chi connectivity index (χ1) is 8.13. The van der Waals surface area contributed by atoms with Gasteiger partial charge in [-0.15, -0.1) is 0 Å². The Hall–Kier alpha value is -1.45. The third kappa shape index (κ3) is 2.30. The van der Waals surface area contributed by atoms with Gasteiger partial charge in [-0.25, -0.2) is 4.98 Å². The lowest BCUT2D eigenvalue weighted by Gasteiger charge is -2.06. The van der Waals surface area contributed by atoms with Crippen LogP contribution >= 0.6 is 23.2 Å². The number of carbonyl (C=O) groups excluding carboxylic acids is 1. The van der Waals surface area contributed by atoms with E-state index in [4.69, 9.17) is 23.2 Å². The summed E-state index contributed by atoms with van der Waals surface area (Å²) in [6.45, 7) is 0. The molecule has 0 saturated heterocycles. The highest BCUT2D eigenvalue weighted by molar-refractivity contribution is 6.43. The van der Waals surface area contributed by atoms with Crippen molar-refractivity contribution in [1.29, 1.82) is 0 Å². The summed E-state index contributed by atoms with van der Waals surface area (Å²) in [5.74, 6) is -0.804. The zero-order valence-electron chi connectivity index (χ0n) is 8.45. The van der Waals surface area contributed by atoms with Crippen molar-refractivity contribution in [2.75, 3.05) is 0 Å². The number of aldehydes is 1. The number of hydrogen-bond donors (Lipinski definition) is 0.